The van der Waals surface area contributed by atoms with Crippen molar-refractivity contribution in [3.05, 3.63) is 58.7 Å². The zero-order chi connectivity index (χ0) is 14.8. The summed E-state index contributed by atoms with van der Waals surface area (Å²) in [5.41, 5.74) is 1.42. The molecule has 106 valence electrons. The van der Waals surface area contributed by atoms with E-state index in [1.165, 1.54) is 7.11 Å². The van der Waals surface area contributed by atoms with Crippen LogP contribution in [0.5, 0.6) is 0 Å². The Morgan fingerprint density at radius 1 is 1.14 bits per heavy atom. The van der Waals surface area contributed by atoms with Crippen molar-refractivity contribution in [1.82, 2.24) is 4.98 Å². The van der Waals surface area contributed by atoms with Crippen LogP contribution in [-0.4, -0.2) is 18.1 Å². The van der Waals surface area contributed by atoms with Gasteiger partial charge in [0.25, 0.3) is 0 Å². The molecule has 0 aliphatic rings. The van der Waals surface area contributed by atoms with Crippen molar-refractivity contribution in [3.63, 3.8) is 0 Å². The number of benzene rings is 2. The van der Waals surface area contributed by atoms with Gasteiger partial charge < -0.3 is 9.72 Å². The molecule has 0 aliphatic heterocycles. The van der Waals surface area contributed by atoms with E-state index in [-0.39, 0.29) is 5.97 Å². The number of rotatable bonds is 3. The predicted molar refractivity (Wildman–Crippen MR) is 87.9 cm³/mol. The molecule has 1 aromatic heterocycles. The second kappa shape index (κ2) is 5.95. The molecular formula is C16H12BrNO2S. The fourth-order valence-corrected chi connectivity index (χ4v) is 3.39. The third-order valence-corrected chi connectivity index (χ3v) is 4.75. The molecule has 3 aromatic rings. The quantitative estimate of drug-likeness (QED) is 0.676. The maximum Gasteiger partial charge on any atom is 0.355 e. The van der Waals surface area contributed by atoms with Gasteiger partial charge in [-0.25, -0.2) is 4.79 Å². The topological polar surface area (TPSA) is 42.1 Å². The summed E-state index contributed by atoms with van der Waals surface area (Å²) in [6.07, 6.45) is 0. The van der Waals surface area contributed by atoms with E-state index in [4.69, 9.17) is 4.74 Å². The van der Waals surface area contributed by atoms with E-state index in [0.29, 0.717) is 5.69 Å². The van der Waals surface area contributed by atoms with Crippen molar-refractivity contribution in [2.75, 3.05) is 7.11 Å². The van der Waals surface area contributed by atoms with E-state index in [2.05, 4.69) is 20.9 Å². The Balaban J connectivity index is 2.10. The average Bonchev–Trinajstić information content (AvgIpc) is 2.88. The van der Waals surface area contributed by atoms with Crippen molar-refractivity contribution < 1.29 is 9.53 Å². The minimum atomic E-state index is -0.356. The van der Waals surface area contributed by atoms with Crippen molar-refractivity contribution in [1.29, 1.82) is 0 Å². The van der Waals surface area contributed by atoms with Crippen LogP contribution in [0, 0.1) is 0 Å². The first-order valence-electron chi connectivity index (χ1n) is 6.31. The number of carbonyl (C=O) groups excluding carboxylic acids is 1. The number of para-hydroxylation sites is 1. The van der Waals surface area contributed by atoms with Gasteiger partial charge in [-0.15, -0.1) is 0 Å². The standard InChI is InChI=1S/C16H12BrNO2S/c1-20-16(19)14-15(12-4-2-3-5-13(12)18-14)21-11-8-6-10(17)7-9-11/h2-9,18H,1H3. The summed E-state index contributed by atoms with van der Waals surface area (Å²) < 4.78 is 5.90. The molecule has 3 rings (SSSR count). The van der Waals surface area contributed by atoms with E-state index in [0.717, 1.165) is 25.2 Å². The van der Waals surface area contributed by atoms with Gasteiger partial charge in [-0.05, 0) is 30.3 Å². The Kier molecular flexibility index (Phi) is 4.03. The van der Waals surface area contributed by atoms with E-state index in [1.807, 2.05) is 48.5 Å². The SMILES string of the molecule is COC(=O)c1[nH]c2ccccc2c1Sc1ccc(Br)cc1. The molecule has 0 fully saturated rings. The van der Waals surface area contributed by atoms with Gasteiger partial charge in [0.05, 0.1) is 12.0 Å². The first-order chi connectivity index (χ1) is 10.2. The van der Waals surface area contributed by atoms with Crippen LogP contribution in [-0.2, 0) is 4.74 Å². The minimum Gasteiger partial charge on any atom is -0.464 e. The fourth-order valence-electron chi connectivity index (χ4n) is 2.09. The lowest BCUT2D eigenvalue weighted by Gasteiger charge is -2.04. The van der Waals surface area contributed by atoms with Crippen LogP contribution in [0.25, 0.3) is 10.9 Å². The lowest BCUT2D eigenvalue weighted by molar-refractivity contribution is 0.0591. The number of fused-ring (bicyclic) bond motifs is 1. The summed E-state index contributed by atoms with van der Waals surface area (Å²) in [6, 6.07) is 15.8. The highest BCUT2D eigenvalue weighted by atomic mass is 79.9. The number of hydrogen-bond acceptors (Lipinski definition) is 3. The molecule has 0 saturated carbocycles. The van der Waals surface area contributed by atoms with Gasteiger partial charge in [0.1, 0.15) is 5.69 Å². The Hall–Kier alpha value is -1.72. The molecule has 0 spiro atoms. The highest BCUT2D eigenvalue weighted by molar-refractivity contribution is 9.10. The summed E-state index contributed by atoms with van der Waals surface area (Å²) in [6.45, 7) is 0. The van der Waals surface area contributed by atoms with Crippen LogP contribution in [0.1, 0.15) is 10.5 Å². The molecule has 5 heteroatoms. The summed E-state index contributed by atoms with van der Waals surface area (Å²) in [7, 11) is 1.39. The molecule has 0 atom stereocenters. The number of methoxy groups -OCH3 is 1. The molecule has 1 heterocycles. The first kappa shape index (κ1) is 14.2. The normalized spacial score (nSPS) is 10.8. The second-order valence-corrected chi connectivity index (χ2v) is 6.42. The first-order valence-corrected chi connectivity index (χ1v) is 7.92. The molecule has 2 aromatic carbocycles. The summed E-state index contributed by atoms with van der Waals surface area (Å²) >= 11 is 4.97. The van der Waals surface area contributed by atoms with Crippen molar-refractivity contribution in [2.24, 2.45) is 0 Å². The molecule has 3 nitrogen and oxygen atoms in total. The third kappa shape index (κ3) is 2.84. The lowest BCUT2D eigenvalue weighted by atomic mass is 10.2. The molecule has 0 saturated heterocycles. The Morgan fingerprint density at radius 3 is 2.57 bits per heavy atom. The smallest absolute Gasteiger partial charge is 0.355 e. The van der Waals surface area contributed by atoms with Gasteiger partial charge in [-0.3, -0.25) is 0 Å². The second-order valence-electron chi connectivity index (χ2n) is 4.42. The van der Waals surface area contributed by atoms with Gasteiger partial charge in [0, 0.05) is 20.3 Å². The van der Waals surface area contributed by atoms with Gasteiger partial charge in [0.2, 0.25) is 0 Å². The predicted octanol–water partition coefficient (Wildman–Crippen LogP) is 4.87. The average molecular weight is 362 g/mol. The van der Waals surface area contributed by atoms with Crippen LogP contribution in [0.3, 0.4) is 0 Å². The Bertz CT molecular complexity index is 796. The number of hydrogen-bond donors (Lipinski definition) is 1. The largest absolute Gasteiger partial charge is 0.464 e. The molecule has 21 heavy (non-hydrogen) atoms. The summed E-state index contributed by atoms with van der Waals surface area (Å²) in [5, 5.41) is 1.02. The third-order valence-electron chi connectivity index (χ3n) is 3.08. The highest BCUT2D eigenvalue weighted by Gasteiger charge is 2.19. The number of esters is 1. The zero-order valence-electron chi connectivity index (χ0n) is 11.2. The van der Waals surface area contributed by atoms with Crippen molar-refractivity contribution in [3.8, 4) is 0 Å². The van der Waals surface area contributed by atoms with Crippen molar-refractivity contribution >= 4 is 44.6 Å². The number of H-pyrrole nitrogens is 1. The molecule has 0 bridgehead atoms. The van der Waals surface area contributed by atoms with E-state index >= 15 is 0 Å². The molecule has 0 aliphatic carbocycles. The molecule has 0 amide bonds. The fraction of sp³-hybridized carbons (Fsp3) is 0.0625. The van der Waals surface area contributed by atoms with Gasteiger partial charge >= 0.3 is 5.97 Å². The zero-order valence-corrected chi connectivity index (χ0v) is 13.6. The molecular weight excluding hydrogens is 350 g/mol. The van der Waals surface area contributed by atoms with E-state index in [1.54, 1.807) is 11.8 Å². The summed E-state index contributed by atoms with van der Waals surface area (Å²) in [5.74, 6) is -0.356. The number of aromatic nitrogens is 1. The van der Waals surface area contributed by atoms with Crippen LogP contribution < -0.4 is 0 Å². The Labute approximate surface area is 134 Å². The molecule has 0 radical (unpaired) electrons. The van der Waals surface area contributed by atoms with Crippen LogP contribution in [0.15, 0.2) is 62.8 Å². The minimum absolute atomic E-state index is 0.356. The highest BCUT2D eigenvalue weighted by Crippen LogP contribution is 2.37. The van der Waals surface area contributed by atoms with Crippen LogP contribution >= 0.6 is 27.7 Å². The van der Waals surface area contributed by atoms with E-state index in [9.17, 15) is 4.79 Å². The maximum atomic E-state index is 12.0. The summed E-state index contributed by atoms with van der Waals surface area (Å²) in [4.78, 5) is 17.1. The Morgan fingerprint density at radius 2 is 1.86 bits per heavy atom. The number of nitrogens with one attached hydrogen (secondary N) is 1. The van der Waals surface area contributed by atoms with Gasteiger partial charge in [0.15, 0.2) is 0 Å². The molecule has 1 N–H and O–H groups in total. The number of halogens is 1. The van der Waals surface area contributed by atoms with Gasteiger partial charge in [-0.2, -0.15) is 0 Å². The maximum absolute atomic E-state index is 12.0. The van der Waals surface area contributed by atoms with Gasteiger partial charge in [-0.1, -0.05) is 45.9 Å². The van der Waals surface area contributed by atoms with Crippen molar-refractivity contribution in [2.45, 2.75) is 9.79 Å². The van der Waals surface area contributed by atoms with E-state index < -0.39 is 0 Å². The van der Waals surface area contributed by atoms with Crippen LogP contribution in [0.4, 0.5) is 0 Å². The van der Waals surface area contributed by atoms with Crippen LogP contribution in [0.2, 0.25) is 0 Å². The number of aromatic amines is 1. The lowest BCUT2D eigenvalue weighted by Crippen LogP contribution is -2.02. The number of ether oxygens (including phenoxy) is 1. The number of carbonyl (C=O) groups is 1. The molecule has 0 unspecified atom stereocenters. The monoisotopic (exact) mass is 361 g/mol.